The quantitative estimate of drug-likeness (QED) is 0.409. The van der Waals surface area contributed by atoms with Crippen LogP contribution in [0.4, 0.5) is 0 Å². The average molecular weight is 142 g/mol. The standard InChI is InChI=1S/C6H10N2S/c1-3-5-4(2)7-6(9)8-5/h3-5H,1H2,2H3,(H2,7,8,9)/t4-,5+/m0/s1. The van der Waals surface area contributed by atoms with Gasteiger partial charge >= 0.3 is 0 Å². The lowest BCUT2D eigenvalue weighted by atomic mass is 10.2. The maximum atomic E-state index is 4.87. The van der Waals surface area contributed by atoms with Crippen molar-refractivity contribution in [3.05, 3.63) is 12.7 Å². The molecule has 1 aliphatic heterocycles. The zero-order valence-electron chi connectivity index (χ0n) is 5.35. The summed E-state index contributed by atoms with van der Waals surface area (Å²) in [5, 5.41) is 6.85. The minimum Gasteiger partial charge on any atom is -0.358 e. The molecule has 1 saturated heterocycles. The Labute approximate surface area is 60.3 Å². The summed E-state index contributed by atoms with van der Waals surface area (Å²) >= 11 is 4.87. The van der Waals surface area contributed by atoms with E-state index in [0.717, 1.165) is 5.11 Å². The first-order valence-corrected chi connectivity index (χ1v) is 3.34. The van der Waals surface area contributed by atoms with Gasteiger partial charge in [0.15, 0.2) is 5.11 Å². The largest absolute Gasteiger partial charge is 0.358 e. The fraction of sp³-hybridized carbons (Fsp3) is 0.500. The van der Waals surface area contributed by atoms with Crippen molar-refractivity contribution in [2.75, 3.05) is 0 Å². The van der Waals surface area contributed by atoms with Crippen LogP contribution in [0.2, 0.25) is 0 Å². The fourth-order valence-corrected chi connectivity index (χ4v) is 1.20. The molecule has 2 nitrogen and oxygen atoms in total. The first-order valence-electron chi connectivity index (χ1n) is 2.93. The molecule has 2 N–H and O–H groups in total. The lowest BCUT2D eigenvalue weighted by Gasteiger charge is -2.06. The summed E-state index contributed by atoms with van der Waals surface area (Å²) in [6.45, 7) is 5.73. The van der Waals surface area contributed by atoms with Gasteiger partial charge < -0.3 is 10.6 Å². The second-order valence-corrected chi connectivity index (χ2v) is 2.58. The molecule has 0 spiro atoms. The van der Waals surface area contributed by atoms with Crippen LogP contribution in [0, 0.1) is 0 Å². The average Bonchev–Trinajstić information content (AvgIpc) is 2.10. The maximum absolute atomic E-state index is 4.87. The van der Waals surface area contributed by atoms with E-state index < -0.39 is 0 Å². The molecule has 0 radical (unpaired) electrons. The van der Waals surface area contributed by atoms with Crippen LogP contribution >= 0.6 is 12.2 Å². The summed E-state index contributed by atoms with van der Waals surface area (Å²) < 4.78 is 0. The molecule has 1 rings (SSSR count). The minimum absolute atomic E-state index is 0.303. The molecule has 9 heavy (non-hydrogen) atoms. The maximum Gasteiger partial charge on any atom is 0.167 e. The highest BCUT2D eigenvalue weighted by Gasteiger charge is 2.21. The predicted octanol–water partition coefficient (Wildman–Crippen LogP) is 0.407. The molecular weight excluding hydrogens is 132 g/mol. The van der Waals surface area contributed by atoms with Crippen LogP contribution in [-0.4, -0.2) is 17.2 Å². The van der Waals surface area contributed by atoms with Crippen LogP contribution in [0.15, 0.2) is 12.7 Å². The van der Waals surface area contributed by atoms with Gasteiger partial charge in [-0.25, -0.2) is 0 Å². The molecule has 0 unspecified atom stereocenters. The summed E-state index contributed by atoms with van der Waals surface area (Å²) in [4.78, 5) is 0. The van der Waals surface area contributed by atoms with E-state index in [0.29, 0.717) is 12.1 Å². The Hall–Kier alpha value is -0.570. The highest BCUT2D eigenvalue weighted by Crippen LogP contribution is 2.00. The third-order valence-electron chi connectivity index (χ3n) is 1.45. The molecule has 0 aromatic heterocycles. The summed E-state index contributed by atoms with van der Waals surface area (Å²) in [6.07, 6.45) is 1.86. The van der Waals surface area contributed by atoms with Crippen molar-refractivity contribution in [2.24, 2.45) is 0 Å². The SMILES string of the molecule is C=C[C@H]1NC(=S)N[C@H]1C. The molecule has 1 aliphatic rings. The minimum atomic E-state index is 0.303. The van der Waals surface area contributed by atoms with E-state index in [4.69, 9.17) is 12.2 Å². The molecule has 0 saturated carbocycles. The van der Waals surface area contributed by atoms with Crippen LogP contribution in [0.3, 0.4) is 0 Å². The van der Waals surface area contributed by atoms with Crippen molar-refractivity contribution in [3.8, 4) is 0 Å². The smallest absolute Gasteiger partial charge is 0.167 e. The molecule has 1 fully saturated rings. The first-order chi connectivity index (χ1) is 4.24. The van der Waals surface area contributed by atoms with Crippen LogP contribution in [0.25, 0.3) is 0 Å². The summed E-state index contributed by atoms with van der Waals surface area (Å²) in [6, 6.07) is 0.687. The van der Waals surface area contributed by atoms with E-state index in [1.807, 2.05) is 6.08 Å². The van der Waals surface area contributed by atoms with E-state index in [1.54, 1.807) is 0 Å². The number of nitrogens with one attached hydrogen (secondary N) is 2. The zero-order chi connectivity index (χ0) is 6.85. The van der Waals surface area contributed by atoms with Gasteiger partial charge in [-0.1, -0.05) is 6.08 Å². The highest BCUT2D eigenvalue weighted by atomic mass is 32.1. The predicted molar refractivity (Wildman–Crippen MR) is 42.3 cm³/mol. The fourth-order valence-electron chi connectivity index (χ4n) is 0.878. The van der Waals surface area contributed by atoms with E-state index in [-0.39, 0.29) is 0 Å². The van der Waals surface area contributed by atoms with Crippen LogP contribution in [-0.2, 0) is 0 Å². The van der Waals surface area contributed by atoms with Crippen molar-refractivity contribution in [1.29, 1.82) is 0 Å². The van der Waals surface area contributed by atoms with Gasteiger partial charge in [0.05, 0.1) is 6.04 Å². The zero-order valence-corrected chi connectivity index (χ0v) is 6.16. The van der Waals surface area contributed by atoms with Gasteiger partial charge in [0, 0.05) is 6.04 Å². The van der Waals surface area contributed by atoms with Crippen molar-refractivity contribution < 1.29 is 0 Å². The number of rotatable bonds is 1. The Bertz CT molecular complexity index is 144. The number of hydrogen-bond donors (Lipinski definition) is 2. The normalized spacial score (nSPS) is 33.2. The van der Waals surface area contributed by atoms with Crippen molar-refractivity contribution in [1.82, 2.24) is 10.6 Å². The molecule has 0 bridgehead atoms. The lowest BCUT2D eigenvalue weighted by molar-refractivity contribution is 0.629. The van der Waals surface area contributed by atoms with Gasteiger partial charge in [-0.15, -0.1) is 6.58 Å². The summed E-state index contributed by atoms with van der Waals surface area (Å²) in [5.41, 5.74) is 0. The van der Waals surface area contributed by atoms with Crippen LogP contribution < -0.4 is 10.6 Å². The molecule has 3 heteroatoms. The molecule has 2 atom stereocenters. The molecule has 0 aromatic carbocycles. The highest BCUT2D eigenvalue weighted by molar-refractivity contribution is 7.80. The number of hydrogen-bond acceptors (Lipinski definition) is 1. The Morgan fingerprint density at radius 1 is 1.67 bits per heavy atom. The van der Waals surface area contributed by atoms with Gasteiger partial charge in [-0.05, 0) is 19.1 Å². The second-order valence-electron chi connectivity index (χ2n) is 2.17. The molecule has 0 aliphatic carbocycles. The van der Waals surface area contributed by atoms with E-state index >= 15 is 0 Å². The Morgan fingerprint density at radius 2 is 2.33 bits per heavy atom. The number of thiocarbonyl (C=S) groups is 1. The first kappa shape index (κ1) is 6.55. The monoisotopic (exact) mass is 142 g/mol. The van der Waals surface area contributed by atoms with Crippen LogP contribution in [0.5, 0.6) is 0 Å². The van der Waals surface area contributed by atoms with E-state index in [1.165, 1.54) is 0 Å². The third-order valence-corrected chi connectivity index (χ3v) is 1.68. The molecule has 0 aromatic rings. The molecule has 0 amide bonds. The lowest BCUT2D eigenvalue weighted by Crippen LogP contribution is -2.27. The molecular formula is C6H10N2S. The van der Waals surface area contributed by atoms with Gasteiger partial charge in [0.1, 0.15) is 0 Å². The van der Waals surface area contributed by atoms with Gasteiger partial charge in [0.25, 0.3) is 0 Å². The molecule has 1 heterocycles. The van der Waals surface area contributed by atoms with E-state index in [9.17, 15) is 0 Å². The van der Waals surface area contributed by atoms with Crippen molar-refractivity contribution >= 4 is 17.3 Å². The topological polar surface area (TPSA) is 24.1 Å². The van der Waals surface area contributed by atoms with E-state index in [2.05, 4.69) is 24.1 Å². The summed E-state index contributed by atoms with van der Waals surface area (Å²) in [7, 11) is 0. The van der Waals surface area contributed by atoms with Crippen molar-refractivity contribution in [3.63, 3.8) is 0 Å². The van der Waals surface area contributed by atoms with Gasteiger partial charge in [0.2, 0.25) is 0 Å². The summed E-state index contributed by atoms with van der Waals surface area (Å²) in [5.74, 6) is 0. The van der Waals surface area contributed by atoms with Gasteiger partial charge in [-0.3, -0.25) is 0 Å². The Balaban J connectivity index is 2.57. The van der Waals surface area contributed by atoms with Crippen molar-refractivity contribution in [2.45, 2.75) is 19.0 Å². The molecule has 50 valence electrons. The third kappa shape index (κ3) is 1.21. The second kappa shape index (κ2) is 2.35. The Morgan fingerprint density at radius 3 is 2.56 bits per heavy atom. The Kier molecular flexibility index (Phi) is 1.71. The van der Waals surface area contributed by atoms with Gasteiger partial charge in [-0.2, -0.15) is 0 Å². The van der Waals surface area contributed by atoms with Crippen LogP contribution in [0.1, 0.15) is 6.92 Å².